The number of carbonyl (C=O) groups is 2. The standard InChI is InChI=1S/C33H40N4O6/c1-32(2,3)37(40)15-17-41-16-14-34-30(38)21-8-11-24-27(18-21)33(43-31(24)39)25-12-9-22(35(4)5)19-28(25)42-29-20-23(36(6)7)10-13-26(29)33/h8-13,18-20,40H,14-17H2,1-7H3,(H,34,38). The van der Waals surface area contributed by atoms with E-state index in [2.05, 4.69) is 5.32 Å². The van der Waals surface area contributed by atoms with E-state index < -0.39 is 11.6 Å². The van der Waals surface area contributed by atoms with Crippen LogP contribution < -0.4 is 19.9 Å². The number of hydrogen-bond acceptors (Lipinski definition) is 9. The Morgan fingerprint density at radius 2 is 1.49 bits per heavy atom. The highest BCUT2D eigenvalue weighted by atomic mass is 16.6. The Hall–Kier alpha value is -4.12. The minimum absolute atomic E-state index is 0.289. The Labute approximate surface area is 252 Å². The van der Waals surface area contributed by atoms with Crippen LogP contribution in [0.15, 0.2) is 54.6 Å². The Morgan fingerprint density at radius 1 is 0.884 bits per heavy atom. The minimum Gasteiger partial charge on any atom is -0.456 e. The summed E-state index contributed by atoms with van der Waals surface area (Å²) >= 11 is 0. The van der Waals surface area contributed by atoms with Gasteiger partial charge in [-0.05, 0) is 63.2 Å². The first-order valence-electron chi connectivity index (χ1n) is 14.3. The molecule has 0 atom stereocenters. The molecule has 0 saturated carbocycles. The van der Waals surface area contributed by atoms with Crippen LogP contribution in [0.2, 0.25) is 0 Å². The second-order valence-corrected chi connectivity index (χ2v) is 12.2. The molecule has 2 aliphatic rings. The van der Waals surface area contributed by atoms with Gasteiger partial charge in [-0.1, -0.05) is 0 Å². The molecule has 5 rings (SSSR count). The van der Waals surface area contributed by atoms with Gasteiger partial charge in [-0.3, -0.25) is 4.79 Å². The van der Waals surface area contributed by atoms with Gasteiger partial charge in [0.1, 0.15) is 11.5 Å². The number of benzene rings is 3. The van der Waals surface area contributed by atoms with Crippen LogP contribution in [0.3, 0.4) is 0 Å². The average molecular weight is 589 g/mol. The van der Waals surface area contributed by atoms with E-state index >= 15 is 0 Å². The average Bonchev–Trinajstić information content (AvgIpc) is 3.25. The van der Waals surface area contributed by atoms with Crippen LogP contribution in [-0.2, 0) is 15.1 Å². The predicted molar refractivity (Wildman–Crippen MR) is 165 cm³/mol. The van der Waals surface area contributed by atoms with E-state index in [0.717, 1.165) is 11.4 Å². The van der Waals surface area contributed by atoms with E-state index in [0.29, 0.717) is 59.1 Å². The fourth-order valence-electron chi connectivity index (χ4n) is 5.32. The van der Waals surface area contributed by atoms with Crippen LogP contribution in [-0.4, -0.2) is 82.2 Å². The van der Waals surface area contributed by atoms with Crippen LogP contribution in [0.25, 0.3) is 0 Å². The van der Waals surface area contributed by atoms with Gasteiger partial charge in [-0.25, -0.2) is 4.79 Å². The van der Waals surface area contributed by atoms with Crippen molar-refractivity contribution in [1.82, 2.24) is 10.4 Å². The monoisotopic (exact) mass is 588 g/mol. The highest BCUT2D eigenvalue weighted by Gasteiger charge is 2.54. The lowest BCUT2D eigenvalue weighted by molar-refractivity contribution is -0.164. The van der Waals surface area contributed by atoms with Crippen molar-refractivity contribution in [3.8, 4) is 11.5 Å². The maximum absolute atomic E-state index is 13.4. The minimum atomic E-state index is -1.28. The van der Waals surface area contributed by atoms with Gasteiger partial charge in [0.2, 0.25) is 0 Å². The van der Waals surface area contributed by atoms with Crippen LogP contribution in [0.5, 0.6) is 11.5 Å². The van der Waals surface area contributed by atoms with Gasteiger partial charge in [0, 0.05) is 92.6 Å². The van der Waals surface area contributed by atoms with Crippen LogP contribution in [0.1, 0.15) is 58.2 Å². The SMILES string of the molecule is CN(C)c1ccc2c(c1)Oc1cc(N(C)C)ccc1C21OC(=O)c2ccc(C(=O)NCCOCCN(O)C(C)(C)C)cc21. The highest BCUT2D eigenvalue weighted by Crippen LogP contribution is 2.57. The Bertz CT molecular complexity index is 1490. The number of fused-ring (bicyclic) bond motifs is 6. The smallest absolute Gasteiger partial charge is 0.340 e. The third-order valence-corrected chi connectivity index (χ3v) is 7.82. The predicted octanol–water partition coefficient (Wildman–Crippen LogP) is 4.62. The number of nitrogens with zero attached hydrogens (tertiary/aromatic N) is 3. The number of ether oxygens (including phenoxy) is 3. The second-order valence-electron chi connectivity index (χ2n) is 12.2. The molecule has 3 aromatic rings. The van der Waals surface area contributed by atoms with Crippen molar-refractivity contribution in [3.05, 3.63) is 82.4 Å². The Morgan fingerprint density at radius 3 is 2.05 bits per heavy atom. The maximum Gasteiger partial charge on any atom is 0.340 e. The molecule has 3 aromatic carbocycles. The van der Waals surface area contributed by atoms with Crippen molar-refractivity contribution in [3.63, 3.8) is 0 Å². The summed E-state index contributed by atoms with van der Waals surface area (Å²) in [6.07, 6.45) is 0. The molecule has 0 fully saturated rings. The molecule has 228 valence electrons. The Balaban J connectivity index is 1.45. The number of rotatable bonds is 9. The Kier molecular flexibility index (Phi) is 8.13. The first-order valence-corrected chi connectivity index (χ1v) is 14.3. The molecule has 1 spiro atoms. The van der Waals surface area contributed by atoms with Gasteiger partial charge in [0.05, 0.1) is 18.8 Å². The zero-order chi connectivity index (χ0) is 31.1. The van der Waals surface area contributed by atoms with E-state index in [1.807, 2.05) is 95.2 Å². The molecule has 0 unspecified atom stereocenters. The summed E-state index contributed by atoms with van der Waals surface area (Å²) in [5.74, 6) is 0.402. The highest BCUT2D eigenvalue weighted by molar-refractivity contribution is 6.00. The fraction of sp³-hybridized carbons (Fsp3) is 0.394. The van der Waals surface area contributed by atoms with E-state index in [1.54, 1.807) is 18.2 Å². The van der Waals surface area contributed by atoms with Crippen molar-refractivity contribution in [2.24, 2.45) is 0 Å². The summed E-state index contributed by atoms with van der Waals surface area (Å²) in [6.45, 7) is 7.00. The lowest BCUT2D eigenvalue weighted by Crippen LogP contribution is -2.40. The summed E-state index contributed by atoms with van der Waals surface area (Å²) in [4.78, 5) is 30.5. The van der Waals surface area contributed by atoms with Crippen molar-refractivity contribution in [2.45, 2.75) is 31.9 Å². The molecular formula is C33H40N4O6. The summed E-state index contributed by atoms with van der Waals surface area (Å²) in [7, 11) is 7.80. The molecule has 0 bridgehead atoms. The molecule has 2 N–H and O–H groups in total. The molecule has 0 aromatic heterocycles. The van der Waals surface area contributed by atoms with Gasteiger partial charge in [-0.15, -0.1) is 0 Å². The largest absolute Gasteiger partial charge is 0.456 e. The lowest BCUT2D eigenvalue weighted by Gasteiger charge is -2.37. The van der Waals surface area contributed by atoms with Crippen LogP contribution in [0.4, 0.5) is 11.4 Å². The fourth-order valence-corrected chi connectivity index (χ4v) is 5.32. The van der Waals surface area contributed by atoms with Crippen molar-refractivity contribution >= 4 is 23.3 Å². The third-order valence-electron chi connectivity index (χ3n) is 7.82. The topological polar surface area (TPSA) is 104 Å². The molecule has 1 amide bonds. The van der Waals surface area contributed by atoms with Crippen molar-refractivity contribution in [2.75, 3.05) is 64.3 Å². The van der Waals surface area contributed by atoms with Gasteiger partial charge >= 0.3 is 5.97 Å². The number of hydroxylamine groups is 2. The van der Waals surface area contributed by atoms with E-state index in [-0.39, 0.29) is 18.0 Å². The molecule has 10 nitrogen and oxygen atoms in total. The zero-order valence-electron chi connectivity index (χ0n) is 25.9. The number of amides is 1. The van der Waals surface area contributed by atoms with Crippen LogP contribution >= 0.6 is 0 Å². The summed E-state index contributed by atoms with van der Waals surface area (Å²) in [6, 6.07) is 16.7. The molecule has 2 heterocycles. The van der Waals surface area contributed by atoms with E-state index in [4.69, 9.17) is 14.2 Å². The normalized spacial score (nSPS) is 14.5. The van der Waals surface area contributed by atoms with Gasteiger partial charge < -0.3 is 34.5 Å². The summed E-state index contributed by atoms with van der Waals surface area (Å²) in [5.41, 5.74) is 2.99. The quantitative estimate of drug-likeness (QED) is 0.211. The van der Waals surface area contributed by atoms with Crippen LogP contribution in [0, 0.1) is 0 Å². The molecule has 0 radical (unpaired) electrons. The number of carbonyl (C=O) groups excluding carboxylic acids is 2. The van der Waals surface area contributed by atoms with Crippen molar-refractivity contribution in [1.29, 1.82) is 0 Å². The lowest BCUT2D eigenvalue weighted by atomic mass is 9.77. The van der Waals surface area contributed by atoms with Crippen molar-refractivity contribution < 1.29 is 29.0 Å². The molecule has 0 saturated heterocycles. The first kappa shape index (κ1) is 30.3. The zero-order valence-corrected chi connectivity index (χ0v) is 25.9. The maximum atomic E-state index is 13.4. The van der Waals surface area contributed by atoms with Gasteiger partial charge in [-0.2, -0.15) is 5.06 Å². The molecule has 43 heavy (non-hydrogen) atoms. The van der Waals surface area contributed by atoms with E-state index in [9.17, 15) is 14.8 Å². The molecule has 0 aliphatic carbocycles. The van der Waals surface area contributed by atoms with E-state index in [1.165, 1.54) is 5.06 Å². The third kappa shape index (κ3) is 5.65. The van der Waals surface area contributed by atoms with Gasteiger partial charge in [0.25, 0.3) is 5.91 Å². The summed E-state index contributed by atoms with van der Waals surface area (Å²) in [5, 5.41) is 14.1. The summed E-state index contributed by atoms with van der Waals surface area (Å²) < 4.78 is 18.3. The molecular weight excluding hydrogens is 548 g/mol. The first-order chi connectivity index (χ1) is 20.3. The molecule has 10 heteroatoms. The number of esters is 1. The second kappa shape index (κ2) is 11.5. The molecule has 2 aliphatic heterocycles. The number of anilines is 2. The number of nitrogens with one attached hydrogen (secondary N) is 1. The number of hydrogen-bond donors (Lipinski definition) is 2. The van der Waals surface area contributed by atoms with Gasteiger partial charge in [0.15, 0.2) is 5.60 Å².